The number of hydrogen-bond acceptors (Lipinski definition) is 5. The summed E-state index contributed by atoms with van der Waals surface area (Å²) in [5.41, 5.74) is -0.205. The van der Waals surface area contributed by atoms with Crippen molar-refractivity contribution in [3.8, 4) is 0 Å². The van der Waals surface area contributed by atoms with E-state index >= 15 is 0 Å². The van der Waals surface area contributed by atoms with Gasteiger partial charge in [-0.25, -0.2) is 9.59 Å². The van der Waals surface area contributed by atoms with E-state index in [9.17, 15) is 9.59 Å². The van der Waals surface area contributed by atoms with Crippen molar-refractivity contribution in [1.82, 2.24) is 5.32 Å². The van der Waals surface area contributed by atoms with Crippen molar-refractivity contribution in [3.05, 3.63) is 0 Å². The average molecular weight is 481 g/mol. The first-order valence-electron chi connectivity index (χ1n) is 12.9. The second-order valence-electron chi connectivity index (χ2n) is 13.2. The number of aliphatic carboxylic acids is 1. The fraction of sp³-hybridized carbons (Fsp3) is 0.923. The summed E-state index contributed by atoms with van der Waals surface area (Å²) in [4.78, 5) is 22.1. The maximum absolute atomic E-state index is 11.3. The Bertz CT molecular complexity index is 733. The van der Waals surface area contributed by atoms with E-state index in [2.05, 4.69) is 46.9 Å². The summed E-state index contributed by atoms with van der Waals surface area (Å²) in [6.07, 6.45) is 3.36. The van der Waals surface area contributed by atoms with Gasteiger partial charge in [-0.15, -0.1) is 0 Å². The summed E-state index contributed by atoms with van der Waals surface area (Å²) in [5, 5.41) is 11.1. The summed E-state index contributed by atoms with van der Waals surface area (Å²) in [6.45, 7) is 22.6. The van der Waals surface area contributed by atoms with Gasteiger partial charge >= 0.3 is 19.2 Å². The second kappa shape index (κ2) is 10.4. The summed E-state index contributed by atoms with van der Waals surface area (Å²) >= 11 is 0. The zero-order chi connectivity index (χ0) is 26.2. The predicted octanol–water partition coefficient (Wildman–Crippen LogP) is 5.77. The predicted molar refractivity (Wildman–Crippen MR) is 135 cm³/mol. The molecule has 8 heteroatoms. The molecule has 0 radical (unpaired) electrons. The molecular weight excluding hydrogens is 433 g/mol. The van der Waals surface area contributed by atoms with Crippen LogP contribution in [0, 0.1) is 29.1 Å². The van der Waals surface area contributed by atoms with Crippen LogP contribution in [0.3, 0.4) is 0 Å². The second-order valence-corrected chi connectivity index (χ2v) is 13.2. The van der Waals surface area contributed by atoms with Gasteiger partial charge < -0.3 is 24.5 Å². The minimum absolute atomic E-state index is 0.0209. The number of hydrogen-bond donors (Lipinski definition) is 2. The minimum atomic E-state index is -1.06. The van der Waals surface area contributed by atoms with Crippen LogP contribution in [-0.4, -0.2) is 47.6 Å². The van der Waals surface area contributed by atoms with Crippen LogP contribution in [0.25, 0.3) is 0 Å². The van der Waals surface area contributed by atoms with Crippen molar-refractivity contribution in [2.75, 3.05) is 0 Å². The standard InChI is InChI=1S/C16H29BO2.C10H19NO4/c1-10(2)7-11(3)17-18-14-9-12-8-13(15(12,4)5)16(14,6)19-17;1-6(2)7(8(12)13)11-9(14)15-10(3,4)5/h10-14H,7-9H2,1-6H3;6-7H,1-5H3,(H,11,14)(H,12,13)/t11-,12+,13+,14-,16+;7-/m10/s1. The quantitative estimate of drug-likeness (QED) is 0.468. The number of carboxylic acids is 1. The van der Waals surface area contributed by atoms with Crippen molar-refractivity contribution in [3.63, 3.8) is 0 Å². The third-order valence-corrected chi connectivity index (χ3v) is 7.88. The molecule has 3 aliphatic carbocycles. The van der Waals surface area contributed by atoms with Gasteiger partial charge in [-0.05, 0) is 81.9 Å². The lowest BCUT2D eigenvalue weighted by atomic mass is 9.43. The van der Waals surface area contributed by atoms with E-state index in [0.717, 1.165) is 5.92 Å². The van der Waals surface area contributed by atoms with Crippen molar-refractivity contribution in [2.24, 2.45) is 29.1 Å². The molecule has 1 amide bonds. The third-order valence-electron chi connectivity index (χ3n) is 7.88. The Morgan fingerprint density at radius 1 is 1.12 bits per heavy atom. The maximum atomic E-state index is 11.3. The van der Waals surface area contributed by atoms with Crippen LogP contribution in [-0.2, 0) is 18.8 Å². The molecule has 4 aliphatic rings. The molecule has 2 bridgehead atoms. The van der Waals surface area contributed by atoms with Gasteiger partial charge in [0.05, 0.1) is 11.7 Å². The third kappa shape index (κ3) is 6.48. The van der Waals surface area contributed by atoms with Gasteiger partial charge in [0.2, 0.25) is 0 Å². The molecule has 0 aromatic carbocycles. The molecule has 0 aromatic rings. The van der Waals surface area contributed by atoms with Crippen molar-refractivity contribution in [2.45, 2.75) is 125 Å². The van der Waals surface area contributed by atoms with E-state index in [-0.39, 0.29) is 18.6 Å². The zero-order valence-corrected chi connectivity index (χ0v) is 23.2. The molecule has 0 unspecified atom stereocenters. The molecule has 1 saturated heterocycles. The Morgan fingerprint density at radius 2 is 1.71 bits per heavy atom. The van der Waals surface area contributed by atoms with E-state index in [1.807, 2.05) is 0 Å². The Kier molecular flexibility index (Phi) is 8.84. The smallest absolute Gasteiger partial charge is 0.460 e. The first-order valence-corrected chi connectivity index (χ1v) is 12.9. The van der Waals surface area contributed by atoms with Crippen molar-refractivity contribution >= 4 is 19.2 Å². The van der Waals surface area contributed by atoms with Crippen molar-refractivity contribution < 1.29 is 28.7 Å². The van der Waals surface area contributed by atoms with Gasteiger partial charge in [0.25, 0.3) is 0 Å². The van der Waals surface area contributed by atoms with Gasteiger partial charge in [-0.3, -0.25) is 0 Å². The number of carbonyl (C=O) groups is 2. The Morgan fingerprint density at radius 3 is 2.15 bits per heavy atom. The van der Waals surface area contributed by atoms with Gasteiger partial charge in [-0.1, -0.05) is 48.5 Å². The van der Waals surface area contributed by atoms with Gasteiger partial charge in [0.1, 0.15) is 11.6 Å². The lowest BCUT2D eigenvalue weighted by Gasteiger charge is -2.64. The fourth-order valence-corrected chi connectivity index (χ4v) is 5.95. The number of rotatable bonds is 6. The normalized spacial score (nSPS) is 31.1. The van der Waals surface area contributed by atoms with Crippen LogP contribution in [0.4, 0.5) is 4.79 Å². The lowest BCUT2D eigenvalue weighted by molar-refractivity contribution is -0.199. The topological polar surface area (TPSA) is 94.1 Å². The molecule has 2 N–H and O–H groups in total. The fourth-order valence-electron chi connectivity index (χ4n) is 5.95. The van der Waals surface area contributed by atoms with Crippen LogP contribution in [0.15, 0.2) is 0 Å². The highest BCUT2D eigenvalue weighted by Gasteiger charge is 2.68. The molecule has 1 aliphatic heterocycles. The van der Waals surface area contributed by atoms with Gasteiger partial charge in [0.15, 0.2) is 0 Å². The molecule has 0 aromatic heterocycles. The average Bonchev–Trinajstić information content (AvgIpc) is 3.01. The lowest BCUT2D eigenvalue weighted by Crippen LogP contribution is -2.65. The Hall–Kier alpha value is -1.28. The van der Waals surface area contributed by atoms with Gasteiger partial charge in [-0.2, -0.15) is 0 Å². The van der Waals surface area contributed by atoms with E-state index < -0.39 is 23.7 Å². The molecule has 6 atom stereocenters. The number of carboxylic acid groups (broad SMARTS) is 1. The molecule has 7 nitrogen and oxygen atoms in total. The Labute approximate surface area is 207 Å². The molecule has 1 heterocycles. The summed E-state index contributed by atoms with van der Waals surface area (Å²) in [7, 11) is 0.0209. The summed E-state index contributed by atoms with van der Waals surface area (Å²) in [6, 6.07) is -0.917. The van der Waals surface area contributed by atoms with E-state index in [0.29, 0.717) is 29.2 Å². The molecule has 3 saturated carbocycles. The Balaban J connectivity index is 0.000000249. The molecule has 0 spiro atoms. The minimum Gasteiger partial charge on any atom is -0.480 e. The van der Waals surface area contributed by atoms with Crippen LogP contribution < -0.4 is 5.32 Å². The molecule has 34 heavy (non-hydrogen) atoms. The molecular formula is C26H48BNO6. The monoisotopic (exact) mass is 481 g/mol. The summed E-state index contributed by atoms with van der Waals surface area (Å²) in [5.74, 6) is 1.50. The van der Waals surface area contributed by atoms with Crippen LogP contribution in [0.2, 0.25) is 5.82 Å². The largest absolute Gasteiger partial charge is 0.480 e. The molecule has 4 fully saturated rings. The van der Waals surface area contributed by atoms with E-state index in [4.69, 9.17) is 19.2 Å². The zero-order valence-electron chi connectivity index (χ0n) is 23.2. The molecule has 196 valence electrons. The van der Waals surface area contributed by atoms with Crippen LogP contribution in [0.1, 0.15) is 95.4 Å². The SMILES string of the molecule is CC(C)C[C@@H](C)B1O[C@@H]2C[C@@H]3C[C@@H](C3(C)C)[C@]2(C)O1.CC(C)[C@H](NC(=O)OC(C)(C)C)C(=O)O. The van der Waals surface area contributed by atoms with Crippen LogP contribution >= 0.6 is 0 Å². The number of nitrogens with one attached hydrogen (secondary N) is 1. The highest BCUT2D eigenvalue weighted by atomic mass is 16.7. The number of ether oxygens (including phenoxy) is 1. The summed E-state index contributed by atoms with van der Waals surface area (Å²) < 4.78 is 17.7. The first-order chi connectivity index (χ1) is 15.4. The van der Waals surface area contributed by atoms with Crippen LogP contribution in [0.5, 0.6) is 0 Å². The highest BCUT2D eigenvalue weighted by Crippen LogP contribution is 2.66. The van der Waals surface area contributed by atoms with E-state index in [1.54, 1.807) is 34.6 Å². The number of alkyl carbamates (subject to hydrolysis) is 1. The first kappa shape index (κ1) is 29.0. The van der Waals surface area contributed by atoms with E-state index in [1.165, 1.54) is 19.3 Å². The van der Waals surface area contributed by atoms with Crippen molar-refractivity contribution in [1.29, 1.82) is 0 Å². The maximum Gasteiger partial charge on any atom is 0.460 e. The van der Waals surface area contributed by atoms with Gasteiger partial charge in [0, 0.05) is 0 Å². The number of carbonyl (C=O) groups excluding carboxylic acids is 1. The number of amides is 1. The highest BCUT2D eigenvalue weighted by molar-refractivity contribution is 6.47. The molecule has 4 rings (SSSR count).